The van der Waals surface area contributed by atoms with Crippen LogP contribution in [0.4, 0.5) is 13.2 Å². The lowest BCUT2D eigenvalue weighted by Gasteiger charge is -2.21. The second kappa shape index (κ2) is 4.90. The molecule has 1 aromatic carbocycles. The molecule has 2 N–H and O–H groups in total. The molecule has 0 spiro atoms. The SMILES string of the molecule is CN(CC(N)c1ccc(C(F)(F)F)cc1)C1CC1. The number of halogens is 3. The molecule has 18 heavy (non-hydrogen) atoms. The van der Waals surface area contributed by atoms with Gasteiger partial charge in [0.2, 0.25) is 0 Å². The first-order valence-electron chi connectivity index (χ1n) is 6.01. The quantitative estimate of drug-likeness (QED) is 0.899. The Balaban J connectivity index is 1.99. The Bertz CT molecular complexity index is 396. The van der Waals surface area contributed by atoms with Crippen LogP contribution >= 0.6 is 0 Å². The lowest BCUT2D eigenvalue weighted by atomic mass is 10.0. The standard InChI is InChI=1S/C13H17F3N2/c1-18(11-6-7-11)8-12(17)9-2-4-10(5-3-9)13(14,15)16/h2-5,11-12H,6-8,17H2,1H3. The predicted molar refractivity (Wildman–Crippen MR) is 64.0 cm³/mol. The zero-order chi connectivity index (χ0) is 13.3. The van der Waals surface area contributed by atoms with Crippen LogP contribution in [0.15, 0.2) is 24.3 Å². The third-order valence-corrected chi connectivity index (χ3v) is 3.32. The zero-order valence-electron chi connectivity index (χ0n) is 10.2. The Morgan fingerprint density at radius 2 is 1.83 bits per heavy atom. The molecule has 100 valence electrons. The summed E-state index contributed by atoms with van der Waals surface area (Å²) < 4.78 is 37.2. The van der Waals surface area contributed by atoms with Crippen molar-refractivity contribution in [3.8, 4) is 0 Å². The highest BCUT2D eigenvalue weighted by Gasteiger charge is 2.30. The first-order valence-corrected chi connectivity index (χ1v) is 6.01. The fraction of sp³-hybridized carbons (Fsp3) is 0.538. The normalized spacial score (nSPS) is 18.1. The number of likely N-dealkylation sites (N-methyl/N-ethyl adjacent to an activating group) is 1. The molecule has 0 bridgehead atoms. The van der Waals surface area contributed by atoms with Crippen molar-refractivity contribution in [3.05, 3.63) is 35.4 Å². The van der Waals surface area contributed by atoms with Gasteiger partial charge in [0.15, 0.2) is 0 Å². The van der Waals surface area contributed by atoms with E-state index < -0.39 is 11.7 Å². The van der Waals surface area contributed by atoms with Crippen molar-refractivity contribution in [2.45, 2.75) is 31.1 Å². The van der Waals surface area contributed by atoms with Gasteiger partial charge >= 0.3 is 6.18 Å². The number of nitrogens with zero attached hydrogens (tertiary/aromatic N) is 1. The van der Waals surface area contributed by atoms with Gasteiger partial charge in [0.05, 0.1) is 5.56 Å². The van der Waals surface area contributed by atoms with E-state index in [9.17, 15) is 13.2 Å². The predicted octanol–water partition coefficient (Wildman–Crippen LogP) is 2.80. The minimum absolute atomic E-state index is 0.238. The molecule has 1 saturated carbocycles. The zero-order valence-corrected chi connectivity index (χ0v) is 10.2. The van der Waals surface area contributed by atoms with Gasteiger partial charge in [0, 0.05) is 18.6 Å². The van der Waals surface area contributed by atoms with Crippen LogP contribution in [0.2, 0.25) is 0 Å². The lowest BCUT2D eigenvalue weighted by Crippen LogP contribution is -2.30. The fourth-order valence-electron chi connectivity index (χ4n) is 2.00. The van der Waals surface area contributed by atoms with Gasteiger partial charge in [-0.25, -0.2) is 0 Å². The van der Waals surface area contributed by atoms with Crippen LogP contribution in [0.3, 0.4) is 0 Å². The van der Waals surface area contributed by atoms with Crippen LogP contribution < -0.4 is 5.73 Å². The van der Waals surface area contributed by atoms with Gasteiger partial charge in [-0.1, -0.05) is 12.1 Å². The molecular formula is C13H17F3N2. The topological polar surface area (TPSA) is 29.3 Å². The first-order chi connectivity index (χ1) is 8.38. The Kier molecular flexibility index (Phi) is 3.64. The average molecular weight is 258 g/mol. The maximum Gasteiger partial charge on any atom is 0.416 e. The van der Waals surface area contributed by atoms with E-state index in [1.807, 2.05) is 7.05 Å². The molecule has 2 nitrogen and oxygen atoms in total. The number of hydrogen-bond acceptors (Lipinski definition) is 2. The molecule has 1 unspecified atom stereocenters. The van der Waals surface area contributed by atoms with Crippen molar-refractivity contribution >= 4 is 0 Å². The van der Waals surface area contributed by atoms with Crippen molar-refractivity contribution in [2.24, 2.45) is 5.73 Å². The second-order valence-corrected chi connectivity index (χ2v) is 4.90. The third kappa shape index (κ3) is 3.23. The summed E-state index contributed by atoms with van der Waals surface area (Å²) in [6.07, 6.45) is -1.90. The van der Waals surface area contributed by atoms with E-state index in [0.717, 1.165) is 17.7 Å². The fourth-order valence-corrected chi connectivity index (χ4v) is 2.00. The van der Waals surface area contributed by atoms with E-state index >= 15 is 0 Å². The van der Waals surface area contributed by atoms with Crippen molar-refractivity contribution in [3.63, 3.8) is 0 Å². The second-order valence-electron chi connectivity index (χ2n) is 4.90. The van der Waals surface area contributed by atoms with E-state index in [2.05, 4.69) is 4.90 Å². The molecule has 0 aromatic heterocycles. The average Bonchev–Trinajstić information content (AvgIpc) is 3.11. The molecule has 2 rings (SSSR count). The van der Waals surface area contributed by atoms with Crippen molar-refractivity contribution in [2.75, 3.05) is 13.6 Å². The highest BCUT2D eigenvalue weighted by atomic mass is 19.4. The van der Waals surface area contributed by atoms with Crippen LogP contribution in [-0.4, -0.2) is 24.5 Å². The minimum Gasteiger partial charge on any atom is -0.323 e. The van der Waals surface area contributed by atoms with Crippen molar-refractivity contribution in [1.29, 1.82) is 0 Å². The molecule has 0 radical (unpaired) electrons. The molecular weight excluding hydrogens is 241 g/mol. The number of rotatable bonds is 4. The Hall–Kier alpha value is -1.07. The van der Waals surface area contributed by atoms with E-state index in [1.54, 1.807) is 0 Å². The molecule has 5 heteroatoms. The summed E-state index contributed by atoms with van der Waals surface area (Å²) in [6.45, 7) is 0.677. The van der Waals surface area contributed by atoms with Crippen LogP contribution in [0.25, 0.3) is 0 Å². The third-order valence-electron chi connectivity index (χ3n) is 3.32. The number of benzene rings is 1. The van der Waals surface area contributed by atoms with Gasteiger partial charge in [-0.15, -0.1) is 0 Å². The molecule has 1 atom stereocenters. The van der Waals surface area contributed by atoms with Crippen molar-refractivity contribution < 1.29 is 13.2 Å². The van der Waals surface area contributed by atoms with Gasteiger partial charge < -0.3 is 10.6 Å². The molecule has 1 aromatic rings. The molecule has 1 aliphatic carbocycles. The molecule has 1 aliphatic rings. The van der Waals surface area contributed by atoms with Gasteiger partial charge in [0.1, 0.15) is 0 Å². The lowest BCUT2D eigenvalue weighted by molar-refractivity contribution is -0.137. The van der Waals surface area contributed by atoms with Gasteiger partial charge in [0.25, 0.3) is 0 Å². The Labute approximate surface area is 105 Å². The van der Waals surface area contributed by atoms with E-state index in [-0.39, 0.29) is 6.04 Å². The van der Waals surface area contributed by atoms with E-state index in [1.165, 1.54) is 25.0 Å². The molecule has 1 fully saturated rings. The Morgan fingerprint density at radius 1 is 1.28 bits per heavy atom. The summed E-state index contributed by atoms with van der Waals surface area (Å²) in [6, 6.07) is 5.48. The van der Waals surface area contributed by atoms with Crippen molar-refractivity contribution in [1.82, 2.24) is 4.90 Å². The number of nitrogens with two attached hydrogens (primary N) is 1. The van der Waals surface area contributed by atoms with Crippen LogP contribution in [0.1, 0.15) is 30.0 Å². The van der Waals surface area contributed by atoms with Gasteiger partial charge in [-0.2, -0.15) is 13.2 Å². The molecule has 0 amide bonds. The smallest absolute Gasteiger partial charge is 0.323 e. The summed E-state index contributed by atoms with van der Waals surface area (Å²) in [4.78, 5) is 2.17. The molecule has 0 heterocycles. The monoisotopic (exact) mass is 258 g/mol. The number of hydrogen-bond donors (Lipinski definition) is 1. The van der Waals surface area contributed by atoms with Crippen LogP contribution in [0.5, 0.6) is 0 Å². The van der Waals surface area contributed by atoms with Crippen LogP contribution in [-0.2, 0) is 6.18 Å². The summed E-state index contributed by atoms with van der Waals surface area (Å²) in [7, 11) is 2.00. The minimum atomic E-state index is -4.28. The first kappa shape index (κ1) is 13.4. The van der Waals surface area contributed by atoms with Crippen LogP contribution in [0, 0.1) is 0 Å². The highest BCUT2D eigenvalue weighted by molar-refractivity contribution is 5.26. The van der Waals surface area contributed by atoms with Gasteiger partial charge in [-0.3, -0.25) is 0 Å². The molecule has 0 saturated heterocycles. The molecule has 0 aliphatic heterocycles. The largest absolute Gasteiger partial charge is 0.416 e. The summed E-state index contributed by atoms with van der Waals surface area (Å²) in [5, 5.41) is 0. The van der Waals surface area contributed by atoms with E-state index in [0.29, 0.717) is 12.6 Å². The van der Waals surface area contributed by atoms with E-state index in [4.69, 9.17) is 5.73 Å². The number of alkyl halides is 3. The highest BCUT2D eigenvalue weighted by Crippen LogP contribution is 2.30. The Morgan fingerprint density at radius 3 is 2.28 bits per heavy atom. The summed E-state index contributed by atoms with van der Waals surface area (Å²) in [5.41, 5.74) is 6.11. The summed E-state index contributed by atoms with van der Waals surface area (Å²) >= 11 is 0. The maximum atomic E-state index is 12.4. The summed E-state index contributed by atoms with van der Waals surface area (Å²) in [5.74, 6) is 0. The van der Waals surface area contributed by atoms with Gasteiger partial charge in [-0.05, 0) is 37.6 Å². The maximum absolute atomic E-state index is 12.4.